The molecule has 0 radical (unpaired) electrons. The third-order valence-corrected chi connectivity index (χ3v) is 7.74. The molecule has 1 fully saturated rings. The molecule has 2 aromatic carbocycles. The summed E-state index contributed by atoms with van der Waals surface area (Å²) in [7, 11) is -2.09. The van der Waals surface area contributed by atoms with E-state index in [-0.39, 0.29) is 17.6 Å². The molecule has 10 heteroatoms. The van der Waals surface area contributed by atoms with Gasteiger partial charge in [-0.05, 0) is 49.9 Å². The van der Waals surface area contributed by atoms with E-state index in [1.807, 2.05) is 30.5 Å². The molecule has 0 saturated carbocycles. The van der Waals surface area contributed by atoms with Gasteiger partial charge in [0.05, 0.1) is 43.1 Å². The lowest BCUT2D eigenvalue weighted by atomic mass is 9.98. The number of aromatic nitrogens is 3. The monoisotopic (exact) mass is 486 g/mol. The molecule has 2 N–H and O–H groups in total. The van der Waals surface area contributed by atoms with E-state index in [1.165, 1.54) is 0 Å². The van der Waals surface area contributed by atoms with E-state index in [0.717, 1.165) is 17.0 Å². The van der Waals surface area contributed by atoms with E-state index in [2.05, 4.69) is 15.0 Å². The highest BCUT2D eigenvalue weighted by Crippen LogP contribution is 2.28. The van der Waals surface area contributed by atoms with Crippen LogP contribution in [0.3, 0.4) is 0 Å². The zero-order valence-corrected chi connectivity index (χ0v) is 20.1. The Hall–Kier alpha value is -2.79. The molecule has 3 atom stereocenters. The van der Waals surface area contributed by atoms with E-state index in [0.29, 0.717) is 31.4 Å². The molecular formula is C24H30N4O5S. The normalized spacial score (nSPS) is 20.9. The molecule has 3 aromatic rings. The number of benzene rings is 2. The first-order valence-electron chi connectivity index (χ1n) is 11.3. The van der Waals surface area contributed by atoms with Crippen molar-refractivity contribution in [1.29, 1.82) is 0 Å². The van der Waals surface area contributed by atoms with Crippen LogP contribution >= 0.6 is 0 Å². The van der Waals surface area contributed by atoms with Crippen LogP contribution in [0.25, 0.3) is 11.3 Å². The molecule has 1 aliphatic rings. The third kappa shape index (κ3) is 5.47. The van der Waals surface area contributed by atoms with Gasteiger partial charge in [0.2, 0.25) is 10.0 Å². The first kappa shape index (κ1) is 24.3. The Morgan fingerprint density at radius 1 is 1.18 bits per heavy atom. The van der Waals surface area contributed by atoms with Crippen molar-refractivity contribution in [2.45, 2.75) is 55.9 Å². The molecule has 4 rings (SSSR count). The zero-order valence-electron chi connectivity index (χ0n) is 19.3. The van der Waals surface area contributed by atoms with Crippen LogP contribution in [0.5, 0.6) is 5.75 Å². The molecular weight excluding hydrogens is 456 g/mol. The second-order valence-electron chi connectivity index (χ2n) is 8.41. The van der Waals surface area contributed by atoms with Gasteiger partial charge >= 0.3 is 0 Å². The fraction of sp³-hybridized carbons (Fsp3) is 0.417. The summed E-state index contributed by atoms with van der Waals surface area (Å²) in [6.45, 7) is 2.08. The number of aliphatic hydroxyl groups excluding tert-OH is 1. The fourth-order valence-electron chi connectivity index (χ4n) is 4.26. The first-order chi connectivity index (χ1) is 16.4. The molecule has 1 aliphatic heterocycles. The van der Waals surface area contributed by atoms with Gasteiger partial charge in [0, 0.05) is 12.1 Å². The summed E-state index contributed by atoms with van der Waals surface area (Å²) in [5.74, 6) is 0.732. The van der Waals surface area contributed by atoms with Gasteiger partial charge in [0.15, 0.2) is 0 Å². The highest BCUT2D eigenvalue weighted by atomic mass is 32.2. The van der Waals surface area contributed by atoms with E-state index in [1.54, 1.807) is 43.0 Å². The highest BCUT2D eigenvalue weighted by molar-refractivity contribution is 7.89. The minimum Gasteiger partial charge on any atom is -0.496 e. The topological polar surface area (TPSA) is 116 Å². The van der Waals surface area contributed by atoms with Crippen LogP contribution in [0.15, 0.2) is 59.6 Å². The number of aliphatic hydroxyl groups is 1. The van der Waals surface area contributed by atoms with Crippen molar-refractivity contribution in [3.05, 3.63) is 60.3 Å². The van der Waals surface area contributed by atoms with Crippen molar-refractivity contribution < 1.29 is 23.0 Å². The SMILES string of the molecule is COc1ccccc1-c1cn(CC[C@@H]2CC[C@H](NS(=O)(=O)c3ccccc3C)[C@H](CO)O2)nn1. The lowest BCUT2D eigenvalue weighted by Gasteiger charge is -2.36. The number of para-hydroxylation sites is 1. The smallest absolute Gasteiger partial charge is 0.241 e. The van der Waals surface area contributed by atoms with Gasteiger partial charge in [-0.25, -0.2) is 13.1 Å². The molecule has 34 heavy (non-hydrogen) atoms. The van der Waals surface area contributed by atoms with Crippen molar-refractivity contribution in [3.63, 3.8) is 0 Å². The van der Waals surface area contributed by atoms with Gasteiger partial charge in [-0.15, -0.1) is 5.10 Å². The second-order valence-corrected chi connectivity index (χ2v) is 10.1. The van der Waals surface area contributed by atoms with Crippen LogP contribution in [0, 0.1) is 6.92 Å². The second kappa shape index (κ2) is 10.6. The Morgan fingerprint density at radius 2 is 1.94 bits per heavy atom. The highest BCUT2D eigenvalue weighted by Gasteiger charge is 2.34. The maximum Gasteiger partial charge on any atom is 0.241 e. The van der Waals surface area contributed by atoms with Gasteiger partial charge in [0.1, 0.15) is 11.4 Å². The number of hydrogen-bond donors (Lipinski definition) is 2. The predicted octanol–water partition coefficient (Wildman–Crippen LogP) is 2.54. The van der Waals surface area contributed by atoms with Crippen molar-refractivity contribution >= 4 is 10.0 Å². The van der Waals surface area contributed by atoms with Crippen molar-refractivity contribution in [2.75, 3.05) is 13.7 Å². The number of nitrogens with one attached hydrogen (secondary N) is 1. The lowest BCUT2D eigenvalue weighted by molar-refractivity contribution is -0.0891. The van der Waals surface area contributed by atoms with Gasteiger partial charge < -0.3 is 14.6 Å². The van der Waals surface area contributed by atoms with E-state index in [4.69, 9.17) is 9.47 Å². The van der Waals surface area contributed by atoms with Crippen molar-refractivity contribution in [1.82, 2.24) is 19.7 Å². The van der Waals surface area contributed by atoms with E-state index >= 15 is 0 Å². The minimum absolute atomic E-state index is 0.115. The maximum absolute atomic E-state index is 12.9. The molecule has 0 amide bonds. The quantitative estimate of drug-likeness (QED) is 0.478. The van der Waals surface area contributed by atoms with Gasteiger partial charge in [-0.3, -0.25) is 4.68 Å². The molecule has 0 unspecified atom stereocenters. The summed E-state index contributed by atoms with van der Waals surface area (Å²) >= 11 is 0. The van der Waals surface area contributed by atoms with Crippen LogP contribution in [0.1, 0.15) is 24.8 Å². The van der Waals surface area contributed by atoms with E-state index < -0.39 is 22.2 Å². The number of hydrogen-bond acceptors (Lipinski definition) is 7. The summed E-state index contributed by atoms with van der Waals surface area (Å²) < 4.78 is 41.7. The van der Waals surface area contributed by atoms with Crippen LogP contribution < -0.4 is 9.46 Å². The number of nitrogens with zero attached hydrogens (tertiary/aromatic N) is 3. The zero-order chi connectivity index (χ0) is 24.1. The first-order valence-corrected chi connectivity index (χ1v) is 12.8. The van der Waals surface area contributed by atoms with Crippen molar-refractivity contribution in [3.8, 4) is 17.0 Å². The Balaban J connectivity index is 1.35. The standard InChI is InChI=1S/C24H30N4O5S/c1-17-7-3-6-10-24(17)34(30,31)26-20-12-11-18(33-23(20)16-29)13-14-28-15-21(25-27-28)19-8-4-5-9-22(19)32-2/h3-10,15,18,20,23,26,29H,11-14,16H2,1-2H3/t18-,20-,23-/m0/s1. The summed E-state index contributed by atoms with van der Waals surface area (Å²) in [6, 6.07) is 14.0. The molecule has 9 nitrogen and oxygen atoms in total. The Morgan fingerprint density at radius 3 is 2.71 bits per heavy atom. The summed E-state index contributed by atoms with van der Waals surface area (Å²) in [6.07, 6.45) is 3.05. The van der Waals surface area contributed by atoms with Crippen LogP contribution in [0.4, 0.5) is 0 Å². The van der Waals surface area contributed by atoms with Gasteiger partial charge in [0.25, 0.3) is 0 Å². The number of methoxy groups -OCH3 is 1. The van der Waals surface area contributed by atoms with Crippen LogP contribution in [0.2, 0.25) is 0 Å². The summed E-state index contributed by atoms with van der Waals surface area (Å²) in [5.41, 5.74) is 2.26. The molecule has 182 valence electrons. The van der Waals surface area contributed by atoms with Gasteiger partial charge in [-0.1, -0.05) is 35.5 Å². The molecule has 0 spiro atoms. The van der Waals surface area contributed by atoms with Crippen LogP contribution in [-0.4, -0.2) is 60.5 Å². The average molecular weight is 487 g/mol. The third-order valence-electron chi connectivity index (χ3n) is 6.09. The number of sulfonamides is 1. The molecule has 1 saturated heterocycles. The number of rotatable bonds is 9. The van der Waals surface area contributed by atoms with Crippen LogP contribution in [-0.2, 0) is 21.3 Å². The summed E-state index contributed by atoms with van der Waals surface area (Å²) in [5, 5.41) is 18.3. The van der Waals surface area contributed by atoms with Crippen molar-refractivity contribution in [2.24, 2.45) is 0 Å². The number of ether oxygens (including phenoxy) is 2. The lowest BCUT2D eigenvalue weighted by Crippen LogP contribution is -2.51. The summed E-state index contributed by atoms with van der Waals surface area (Å²) in [4.78, 5) is 0.242. The predicted molar refractivity (Wildman–Crippen MR) is 127 cm³/mol. The molecule has 0 aliphatic carbocycles. The number of aryl methyl sites for hydroxylation is 2. The Kier molecular flexibility index (Phi) is 7.62. The van der Waals surface area contributed by atoms with E-state index in [9.17, 15) is 13.5 Å². The molecule has 2 heterocycles. The Labute approximate surface area is 199 Å². The molecule has 0 bridgehead atoms. The minimum atomic E-state index is -3.71. The maximum atomic E-state index is 12.9. The average Bonchev–Trinajstić information content (AvgIpc) is 3.32. The van der Waals surface area contributed by atoms with Gasteiger partial charge in [-0.2, -0.15) is 0 Å². The fourth-order valence-corrected chi connectivity index (χ4v) is 5.81. The largest absolute Gasteiger partial charge is 0.496 e. The Bertz CT molecular complexity index is 1210. The molecule has 1 aromatic heterocycles.